The molecule has 0 spiro atoms. The summed E-state index contributed by atoms with van der Waals surface area (Å²) < 4.78 is 23.9. The van der Waals surface area contributed by atoms with Gasteiger partial charge in [-0.05, 0) is 72.0 Å². The molecule has 2 aromatic carbocycles. The summed E-state index contributed by atoms with van der Waals surface area (Å²) in [5, 5.41) is 0. The molecule has 6 nitrogen and oxygen atoms in total. The molecular weight excluding hydrogens is 523 g/mol. The van der Waals surface area contributed by atoms with Crippen LogP contribution < -0.4 is 9.47 Å². The second-order valence-corrected chi connectivity index (χ2v) is 9.44. The topological polar surface area (TPSA) is 71.1 Å². The fraction of sp³-hybridized carbons (Fsp3) is 0.440. The molecule has 7 heteroatoms. The van der Waals surface area contributed by atoms with Gasteiger partial charge in [-0.1, -0.05) is 26.0 Å². The minimum atomic E-state index is -0.607. The van der Waals surface area contributed by atoms with Crippen LogP contribution in [0.1, 0.15) is 55.5 Å². The van der Waals surface area contributed by atoms with Crippen molar-refractivity contribution in [2.75, 3.05) is 13.7 Å². The molecule has 1 heterocycles. The summed E-state index contributed by atoms with van der Waals surface area (Å²) in [6.45, 7) is 4.49. The van der Waals surface area contributed by atoms with Crippen molar-refractivity contribution in [1.82, 2.24) is 0 Å². The van der Waals surface area contributed by atoms with E-state index in [0.29, 0.717) is 17.1 Å². The van der Waals surface area contributed by atoms with Crippen LogP contribution in [0.4, 0.5) is 0 Å². The molecule has 0 amide bonds. The van der Waals surface area contributed by atoms with Gasteiger partial charge in [0.2, 0.25) is 0 Å². The van der Waals surface area contributed by atoms with Gasteiger partial charge in [0.25, 0.3) is 0 Å². The van der Waals surface area contributed by atoms with Gasteiger partial charge in [0, 0.05) is 11.1 Å². The smallest absolute Gasteiger partial charge is 0.338 e. The number of methoxy groups -OCH3 is 1. The van der Waals surface area contributed by atoms with Crippen LogP contribution >= 0.6 is 22.6 Å². The quantitative estimate of drug-likeness (QED) is 0.302. The number of esters is 2. The molecule has 170 valence electrons. The second-order valence-electron chi connectivity index (χ2n) is 8.28. The SMILES string of the molecule is CCC(CC)OC(=O)C1(COc2c(-c3cccc4c3COC4=O)ccc(I)c2OC)CC1. The molecule has 0 bridgehead atoms. The first-order chi connectivity index (χ1) is 15.4. The van der Waals surface area contributed by atoms with Crippen LogP contribution in [0.2, 0.25) is 0 Å². The molecule has 1 aliphatic carbocycles. The molecule has 0 N–H and O–H groups in total. The van der Waals surface area contributed by atoms with E-state index in [2.05, 4.69) is 22.6 Å². The van der Waals surface area contributed by atoms with Crippen molar-refractivity contribution in [2.45, 2.75) is 52.2 Å². The van der Waals surface area contributed by atoms with Crippen molar-refractivity contribution in [3.8, 4) is 22.6 Å². The third kappa shape index (κ3) is 4.19. The Bertz CT molecular complexity index is 1040. The highest BCUT2D eigenvalue weighted by molar-refractivity contribution is 14.1. The molecule has 0 aromatic heterocycles. The van der Waals surface area contributed by atoms with E-state index in [4.69, 9.17) is 18.9 Å². The van der Waals surface area contributed by atoms with E-state index in [1.54, 1.807) is 13.2 Å². The standard InChI is InChI=1S/C25H27IO6/c1-4-15(5-2)32-24(28)25(11-12-25)14-31-21-17(9-10-20(26)22(21)29-3)16-7-6-8-18-19(16)13-30-23(18)27/h6-10,15H,4-5,11-14H2,1-3H3. The Hall–Kier alpha value is -2.29. The Morgan fingerprint density at radius 3 is 2.47 bits per heavy atom. The summed E-state index contributed by atoms with van der Waals surface area (Å²) in [4.78, 5) is 24.9. The van der Waals surface area contributed by atoms with Crippen molar-refractivity contribution in [3.05, 3.63) is 45.0 Å². The fourth-order valence-corrected chi connectivity index (χ4v) is 4.63. The molecule has 0 saturated heterocycles. The first-order valence-corrected chi connectivity index (χ1v) is 12.0. The second kappa shape index (κ2) is 9.29. The van der Waals surface area contributed by atoms with Crippen molar-refractivity contribution >= 4 is 34.5 Å². The lowest BCUT2D eigenvalue weighted by Gasteiger charge is -2.22. The fourth-order valence-electron chi connectivity index (χ4n) is 3.99. The van der Waals surface area contributed by atoms with E-state index < -0.39 is 5.41 Å². The summed E-state index contributed by atoms with van der Waals surface area (Å²) in [6, 6.07) is 9.46. The Kier molecular flexibility index (Phi) is 6.65. The van der Waals surface area contributed by atoms with Gasteiger partial charge in [-0.3, -0.25) is 4.79 Å². The van der Waals surface area contributed by atoms with E-state index in [0.717, 1.165) is 45.9 Å². The number of cyclic esters (lactones) is 1. The summed E-state index contributed by atoms with van der Waals surface area (Å²) in [6.07, 6.45) is 3.03. The van der Waals surface area contributed by atoms with Crippen LogP contribution in [0.15, 0.2) is 30.3 Å². The molecule has 2 aliphatic rings. The van der Waals surface area contributed by atoms with E-state index in [-0.39, 0.29) is 31.3 Å². The number of rotatable bonds is 9. The number of carbonyl (C=O) groups is 2. The monoisotopic (exact) mass is 550 g/mol. The maximum atomic E-state index is 12.9. The van der Waals surface area contributed by atoms with Gasteiger partial charge in [-0.25, -0.2) is 4.79 Å². The molecule has 0 unspecified atom stereocenters. The minimum Gasteiger partial charge on any atom is -0.492 e. The zero-order chi connectivity index (χ0) is 22.9. The molecular formula is C25H27IO6. The van der Waals surface area contributed by atoms with Gasteiger partial charge in [-0.2, -0.15) is 0 Å². The Morgan fingerprint density at radius 1 is 1.09 bits per heavy atom. The first kappa shape index (κ1) is 22.9. The normalized spacial score (nSPS) is 15.8. The predicted molar refractivity (Wildman–Crippen MR) is 128 cm³/mol. The number of carbonyl (C=O) groups excluding carboxylic acids is 2. The van der Waals surface area contributed by atoms with E-state index in [9.17, 15) is 9.59 Å². The molecule has 32 heavy (non-hydrogen) atoms. The lowest BCUT2D eigenvalue weighted by molar-refractivity contribution is -0.157. The van der Waals surface area contributed by atoms with E-state index >= 15 is 0 Å². The largest absolute Gasteiger partial charge is 0.492 e. The third-order valence-corrected chi connectivity index (χ3v) is 7.12. The molecule has 0 radical (unpaired) electrons. The van der Waals surface area contributed by atoms with Gasteiger partial charge in [-0.15, -0.1) is 0 Å². The lowest BCUT2D eigenvalue weighted by Crippen LogP contribution is -2.29. The first-order valence-electron chi connectivity index (χ1n) is 10.9. The molecule has 4 rings (SSSR count). The van der Waals surface area contributed by atoms with Crippen molar-refractivity contribution in [1.29, 1.82) is 0 Å². The predicted octanol–water partition coefficient (Wildman–Crippen LogP) is 5.53. The Morgan fingerprint density at radius 2 is 1.81 bits per heavy atom. The molecule has 1 aliphatic heterocycles. The van der Waals surface area contributed by atoms with Gasteiger partial charge in [0.05, 0.1) is 16.2 Å². The van der Waals surface area contributed by atoms with Gasteiger partial charge in [0.1, 0.15) is 24.7 Å². The Balaban J connectivity index is 1.66. The number of ether oxygens (including phenoxy) is 4. The number of fused-ring (bicyclic) bond motifs is 1. The molecule has 0 atom stereocenters. The Labute approximate surface area is 201 Å². The molecule has 1 fully saturated rings. The molecule has 1 saturated carbocycles. The maximum Gasteiger partial charge on any atom is 0.338 e. The highest BCUT2D eigenvalue weighted by atomic mass is 127. The lowest BCUT2D eigenvalue weighted by atomic mass is 9.96. The highest BCUT2D eigenvalue weighted by Gasteiger charge is 2.53. The van der Waals surface area contributed by atoms with Crippen molar-refractivity contribution in [3.63, 3.8) is 0 Å². The molecule has 2 aromatic rings. The minimum absolute atomic E-state index is 0.0628. The van der Waals surface area contributed by atoms with E-state index in [1.165, 1.54) is 0 Å². The van der Waals surface area contributed by atoms with Gasteiger partial charge >= 0.3 is 11.9 Å². The van der Waals surface area contributed by atoms with Crippen LogP contribution in [-0.4, -0.2) is 31.8 Å². The zero-order valence-electron chi connectivity index (χ0n) is 18.5. The van der Waals surface area contributed by atoms with Crippen LogP contribution in [0.25, 0.3) is 11.1 Å². The van der Waals surface area contributed by atoms with Crippen LogP contribution in [0.5, 0.6) is 11.5 Å². The zero-order valence-corrected chi connectivity index (χ0v) is 20.7. The van der Waals surface area contributed by atoms with Gasteiger partial charge < -0.3 is 18.9 Å². The number of hydrogen-bond donors (Lipinski definition) is 0. The number of hydrogen-bond acceptors (Lipinski definition) is 6. The third-order valence-electron chi connectivity index (χ3n) is 6.27. The van der Waals surface area contributed by atoms with Crippen LogP contribution in [-0.2, 0) is 20.9 Å². The summed E-state index contributed by atoms with van der Waals surface area (Å²) in [7, 11) is 1.60. The average molecular weight is 550 g/mol. The number of benzene rings is 2. The highest BCUT2D eigenvalue weighted by Crippen LogP contribution is 2.50. The van der Waals surface area contributed by atoms with Gasteiger partial charge in [0.15, 0.2) is 11.5 Å². The number of halogens is 1. The average Bonchev–Trinajstić information content (AvgIpc) is 3.51. The van der Waals surface area contributed by atoms with Crippen molar-refractivity contribution in [2.24, 2.45) is 5.41 Å². The van der Waals surface area contributed by atoms with Crippen molar-refractivity contribution < 1.29 is 28.5 Å². The summed E-state index contributed by atoms with van der Waals surface area (Å²) >= 11 is 2.20. The summed E-state index contributed by atoms with van der Waals surface area (Å²) in [5.41, 5.74) is 2.46. The summed E-state index contributed by atoms with van der Waals surface area (Å²) in [5.74, 6) is 0.670. The van der Waals surface area contributed by atoms with Crippen LogP contribution in [0.3, 0.4) is 0 Å². The van der Waals surface area contributed by atoms with E-state index in [1.807, 2.05) is 38.1 Å². The maximum absolute atomic E-state index is 12.9. The van der Waals surface area contributed by atoms with Crippen LogP contribution in [0, 0.1) is 8.99 Å².